The topological polar surface area (TPSA) is 33.1 Å². The van der Waals surface area contributed by atoms with E-state index < -0.39 is 0 Å². The number of phenols is 1. The van der Waals surface area contributed by atoms with E-state index in [1.54, 1.807) is 12.1 Å². The van der Waals surface area contributed by atoms with E-state index in [-0.39, 0.29) is 17.4 Å². The van der Waals surface area contributed by atoms with Gasteiger partial charge in [-0.05, 0) is 31.2 Å². The zero-order valence-electron chi connectivity index (χ0n) is 7.36. The number of aromatic hydroxyl groups is 1. The molecule has 2 aromatic rings. The summed E-state index contributed by atoms with van der Waals surface area (Å²) in [6, 6.07) is 9.13. The van der Waals surface area contributed by atoms with Gasteiger partial charge < -0.3 is 5.11 Å². The molecule has 1 heterocycles. The van der Waals surface area contributed by atoms with Gasteiger partial charge in [0.25, 0.3) is 0 Å². The maximum atomic E-state index is 9.42. The smallest absolute Gasteiger partial charge is 0.124 e. The maximum absolute atomic E-state index is 9.42. The van der Waals surface area contributed by atoms with Crippen LogP contribution in [0.4, 0.5) is 0 Å². The highest BCUT2D eigenvalue weighted by Gasteiger charge is 1.98. The molecule has 0 atom stereocenters. The van der Waals surface area contributed by atoms with Gasteiger partial charge >= 0.3 is 0 Å². The lowest BCUT2D eigenvalue weighted by Crippen LogP contribution is -1.82. The summed E-state index contributed by atoms with van der Waals surface area (Å²) in [7, 11) is 0. The standard InChI is InChI=1S/C10H9NO.Al/c1-7-5-6-8-9(11-7)3-2-4-10(8)12;/h2-6,12H,1H3;. The monoisotopic (exact) mass is 186 g/mol. The molecule has 3 heteroatoms. The number of pyridine rings is 1. The zero-order chi connectivity index (χ0) is 8.55. The Morgan fingerprint density at radius 3 is 2.69 bits per heavy atom. The van der Waals surface area contributed by atoms with Crippen LogP contribution >= 0.6 is 0 Å². The number of aryl methyl sites for hydroxylation is 1. The van der Waals surface area contributed by atoms with Crippen molar-refractivity contribution in [2.75, 3.05) is 0 Å². The molecule has 2 nitrogen and oxygen atoms in total. The van der Waals surface area contributed by atoms with Gasteiger partial charge in [-0.15, -0.1) is 0 Å². The highest BCUT2D eigenvalue weighted by atomic mass is 27.0. The Morgan fingerprint density at radius 2 is 1.92 bits per heavy atom. The third-order valence-electron chi connectivity index (χ3n) is 1.85. The van der Waals surface area contributed by atoms with E-state index in [1.165, 1.54) is 0 Å². The van der Waals surface area contributed by atoms with Gasteiger partial charge in [0.1, 0.15) is 5.75 Å². The number of phenolic OH excluding ortho intramolecular Hbond substituents is 1. The van der Waals surface area contributed by atoms with Crippen molar-refractivity contribution in [1.29, 1.82) is 0 Å². The van der Waals surface area contributed by atoms with E-state index >= 15 is 0 Å². The molecular weight excluding hydrogens is 177 g/mol. The summed E-state index contributed by atoms with van der Waals surface area (Å²) in [6.07, 6.45) is 0. The first kappa shape index (κ1) is 10.0. The van der Waals surface area contributed by atoms with Gasteiger partial charge in [-0.3, -0.25) is 4.98 Å². The van der Waals surface area contributed by atoms with E-state index in [1.807, 2.05) is 25.1 Å². The second kappa shape index (κ2) is 3.78. The fourth-order valence-electron chi connectivity index (χ4n) is 1.24. The van der Waals surface area contributed by atoms with Crippen LogP contribution in [0, 0.1) is 6.92 Å². The van der Waals surface area contributed by atoms with Crippen LogP contribution in [0.5, 0.6) is 5.75 Å². The van der Waals surface area contributed by atoms with Crippen molar-refractivity contribution >= 4 is 28.3 Å². The zero-order valence-corrected chi connectivity index (χ0v) is 8.51. The van der Waals surface area contributed by atoms with Crippen LogP contribution in [0.1, 0.15) is 5.69 Å². The Bertz CT molecular complexity index is 428. The van der Waals surface area contributed by atoms with Crippen molar-refractivity contribution in [3.8, 4) is 5.75 Å². The van der Waals surface area contributed by atoms with Crippen LogP contribution in [0.25, 0.3) is 10.9 Å². The lowest BCUT2D eigenvalue weighted by atomic mass is 10.2. The van der Waals surface area contributed by atoms with Crippen molar-refractivity contribution in [3.63, 3.8) is 0 Å². The Morgan fingerprint density at radius 1 is 1.15 bits per heavy atom. The Labute approximate surface area is 87.4 Å². The van der Waals surface area contributed by atoms with Crippen molar-refractivity contribution in [3.05, 3.63) is 36.0 Å². The van der Waals surface area contributed by atoms with Gasteiger partial charge in [-0.1, -0.05) is 6.07 Å². The summed E-state index contributed by atoms with van der Waals surface area (Å²) < 4.78 is 0. The number of hydrogen-bond donors (Lipinski definition) is 1. The molecule has 1 aromatic carbocycles. The fraction of sp³-hybridized carbons (Fsp3) is 0.100. The Balaban J connectivity index is 0.000000845. The normalized spacial score (nSPS) is 9.62. The molecule has 0 saturated heterocycles. The first-order chi connectivity index (χ1) is 5.77. The molecule has 0 saturated carbocycles. The van der Waals surface area contributed by atoms with Crippen molar-refractivity contribution in [2.24, 2.45) is 0 Å². The lowest BCUT2D eigenvalue weighted by molar-refractivity contribution is 0.481. The first-order valence-corrected chi connectivity index (χ1v) is 3.83. The minimum atomic E-state index is 0. The van der Waals surface area contributed by atoms with E-state index in [9.17, 15) is 5.11 Å². The van der Waals surface area contributed by atoms with Crippen LogP contribution in [0.15, 0.2) is 30.3 Å². The largest absolute Gasteiger partial charge is 0.507 e. The lowest BCUT2D eigenvalue weighted by Gasteiger charge is -1.99. The summed E-state index contributed by atoms with van der Waals surface area (Å²) in [5.41, 5.74) is 1.81. The third kappa shape index (κ3) is 1.83. The molecule has 0 spiro atoms. The third-order valence-corrected chi connectivity index (χ3v) is 1.85. The van der Waals surface area contributed by atoms with Crippen LogP contribution in [0.3, 0.4) is 0 Å². The van der Waals surface area contributed by atoms with Crippen molar-refractivity contribution in [2.45, 2.75) is 6.92 Å². The van der Waals surface area contributed by atoms with Crippen LogP contribution in [-0.2, 0) is 0 Å². The van der Waals surface area contributed by atoms with Crippen LogP contribution in [-0.4, -0.2) is 27.5 Å². The van der Waals surface area contributed by atoms with E-state index in [0.717, 1.165) is 16.6 Å². The Kier molecular flexibility index (Phi) is 2.92. The molecule has 0 bridgehead atoms. The summed E-state index contributed by atoms with van der Waals surface area (Å²) >= 11 is 0. The minimum Gasteiger partial charge on any atom is -0.507 e. The quantitative estimate of drug-likeness (QED) is 0.637. The molecule has 0 unspecified atom stereocenters. The highest BCUT2D eigenvalue weighted by molar-refractivity contribution is 5.84. The van der Waals surface area contributed by atoms with Gasteiger partial charge in [-0.2, -0.15) is 0 Å². The molecule has 0 aliphatic carbocycles. The summed E-state index contributed by atoms with van der Waals surface area (Å²) in [5.74, 6) is 0.292. The average molecular weight is 186 g/mol. The molecule has 63 valence electrons. The van der Waals surface area contributed by atoms with Gasteiger partial charge in [0.05, 0.1) is 5.52 Å². The number of rotatable bonds is 0. The minimum absolute atomic E-state index is 0. The summed E-state index contributed by atoms with van der Waals surface area (Å²) in [5, 5.41) is 10.2. The average Bonchev–Trinajstić information content (AvgIpc) is 2.04. The molecule has 1 aromatic heterocycles. The van der Waals surface area contributed by atoms with E-state index in [4.69, 9.17) is 0 Å². The van der Waals surface area contributed by atoms with Gasteiger partial charge in [-0.25, -0.2) is 0 Å². The number of hydrogen-bond acceptors (Lipinski definition) is 2. The van der Waals surface area contributed by atoms with Gasteiger partial charge in [0, 0.05) is 28.4 Å². The van der Waals surface area contributed by atoms with Gasteiger partial charge in [0.15, 0.2) is 0 Å². The first-order valence-electron chi connectivity index (χ1n) is 3.83. The molecule has 0 fully saturated rings. The number of fused-ring (bicyclic) bond motifs is 1. The molecule has 0 aliphatic rings. The van der Waals surface area contributed by atoms with Crippen molar-refractivity contribution in [1.82, 2.24) is 4.98 Å². The SMILES string of the molecule is Cc1ccc2c(O)cccc2n1.[Al]. The molecule has 0 amide bonds. The fourth-order valence-corrected chi connectivity index (χ4v) is 1.24. The maximum Gasteiger partial charge on any atom is 0.124 e. The number of nitrogens with zero attached hydrogens (tertiary/aromatic N) is 1. The molecular formula is C10H9AlNO. The number of benzene rings is 1. The summed E-state index contributed by atoms with van der Waals surface area (Å²) in [6.45, 7) is 1.93. The Hall–Kier alpha value is -1.04. The van der Waals surface area contributed by atoms with Gasteiger partial charge in [0.2, 0.25) is 0 Å². The van der Waals surface area contributed by atoms with Crippen LogP contribution in [0.2, 0.25) is 0 Å². The summed E-state index contributed by atoms with van der Waals surface area (Å²) in [4.78, 5) is 4.28. The molecule has 2 rings (SSSR count). The number of aromatic nitrogens is 1. The predicted molar refractivity (Wildman–Crippen MR) is 53.9 cm³/mol. The van der Waals surface area contributed by atoms with E-state index in [2.05, 4.69) is 4.98 Å². The molecule has 0 aliphatic heterocycles. The molecule has 13 heavy (non-hydrogen) atoms. The second-order valence-electron chi connectivity index (χ2n) is 2.80. The molecule has 3 radical (unpaired) electrons. The highest BCUT2D eigenvalue weighted by Crippen LogP contribution is 2.22. The van der Waals surface area contributed by atoms with E-state index in [0.29, 0.717) is 5.75 Å². The molecule has 1 N–H and O–H groups in total. The van der Waals surface area contributed by atoms with Crippen LogP contribution < -0.4 is 0 Å². The predicted octanol–water partition coefficient (Wildman–Crippen LogP) is 1.87. The van der Waals surface area contributed by atoms with Crippen molar-refractivity contribution < 1.29 is 5.11 Å². The second-order valence-corrected chi connectivity index (χ2v) is 2.80.